The van der Waals surface area contributed by atoms with Crippen LogP contribution in [0.1, 0.15) is 6.42 Å². The Morgan fingerprint density at radius 3 is 2.82 bits per heavy atom. The first-order valence-corrected chi connectivity index (χ1v) is 7.40. The van der Waals surface area contributed by atoms with Gasteiger partial charge in [-0.05, 0) is 24.6 Å². The van der Waals surface area contributed by atoms with E-state index in [1.54, 1.807) is 0 Å². The van der Waals surface area contributed by atoms with Crippen molar-refractivity contribution in [3.63, 3.8) is 0 Å². The Labute approximate surface area is 127 Å². The highest BCUT2D eigenvalue weighted by molar-refractivity contribution is 5.89. The van der Waals surface area contributed by atoms with Gasteiger partial charge in [0.15, 0.2) is 0 Å². The third-order valence-corrected chi connectivity index (χ3v) is 3.89. The second kappa shape index (κ2) is 5.31. The Balaban J connectivity index is 1.73. The Bertz CT molecular complexity index is 786. The highest BCUT2D eigenvalue weighted by atomic mass is 16.3. The Kier molecular flexibility index (Phi) is 3.16. The van der Waals surface area contributed by atoms with Gasteiger partial charge in [0.2, 0.25) is 5.95 Å². The van der Waals surface area contributed by atoms with Crippen LogP contribution in [0.2, 0.25) is 0 Å². The number of aromatic amines is 1. The fourth-order valence-corrected chi connectivity index (χ4v) is 2.81. The van der Waals surface area contributed by atoms with E-state index in [2.05, 4.69) is 25.2 Å². The number of aliphatic hydroxyl groups excluding tert-OH is 1. The molecule has 22 heavy (non-hydrogen) atoms. The van der Waals surface area contributed by atoms with Crippen molar-refractivity contribution in [1.82, 2.24) is 15.0 Å². The maximum atomic E-state index is 9.78. The van der Waals surface area contributed by atoms with Gasteiger partial charge in [0.25, 0.3) is 0 Å². The number of fused-ring (bicyclic) bond motifs is 1. The summed E-state index contributed by atoms with van der Waals surface area (Å²) in [5, 5.41) is 14.0. The third-order valence-electron chi connectivity index (χ3n) is 3.89. The van der Waals surface area contributed by atoms with Crippen LogP contribution < -0.4 is 10.2 Å². The number of nitrogens with zero attached hydrogens (tertiary/aromatic N) is 3. The minimum Gasteiger partial charge on any atom is -0.391 e. The first-order valence-electron chi connectivity index (χ1n) is 7.40. The van der Waals surface area contributed by atoms with Crippen molar-refractivity contribution in [3.05, 3.63) is 42.6 Å². The number of hydrogen-bond donors (Lipinski definition) is 3. The van der Waals surface area contributed by atoms with E-state index in [1.807, 2.05) is 42.6 Å². The van der Waals surface area contributed by atoms with Gasteiger partial charge in [-0.2, -0.15) is 9.97 Å². The van der Waals surface area contributed by atoms with Crippen molar-refractivity contribution in [2.75, 3.05) is 23.3 Å². The number of nitrogens with one attached hydrogen (secondary N) is 2. The fraction of sp³-hybridized carbons (Fsp3) is 0.250. The van der Waals surface area contributed by atoms with Gasteiger partial charge in [-0.25, -0.2) is 0 Å². The molecule has 0 radical (unpaired) electrons. The number of para-hydroxylation sites is 1. The summed E-state index contributed by atoms with van der Waals surface area (Å²) in [7, 11) is 0. The zero-order valence-electron chi connectivity index (χ0n) is 12.0. The molecule has 4 rings (SSSR count). The molecule has 2 aromatic heterocycles. The molecule has 1 aliphatic rings. The van der Waals surface area contributed by atoms with Crippen LogP contribution in [0.4, 0.5) is 17.5 Å². The van der Waals surface area contributed by atoms with Crippen LogP contribution in [-0.2, 0) is 0 Å². The number of aromatic nitrogens is 3. The van der Waals surface area contributed by atoms with Crippen LogP contribution in [0.5, 0.6) is 0 Å². The van der Waals surface area contributed by atoms with E-state index in [1.165, 1.54) is 0 Å². The second-order valence-corrected chi connectivity index (χ2v) is 5.49. The van der Waals surface area contributed by atoms with E-state index in [9.17, 15) is 5.11 Å². The van der Waals surface area contributed by atoms with Gasteiger partial charge in [0.1, 0.15) is 11.5 Å². The SMILES string of the molecule is OC1CCN(c2nc(Nc3ccccc3)nc3[nH]ccc23)C1. The standard InChI is InChI=1S/C16H17N5O/c22-12-7-9-21(10-12)15-13-6-8-17-14(13)19-16(20-15)18-11-4-2-1-3-5-11/h1-6,8,12,22H,7,9-10H2,(H2,17,18,19,20). The lowest BCUT2D eigenvalue weighted by molar-refractivity contribution is 0.198. The van der Waals surface area contributed by atoms with Gasteiger partial charge in [0.05, 0.1) is 11.5 Å². The summed E-state index contributed by atoms with van der Waals surface area (Å²) < 4.78 is 0. The molecule has 6 heteroatoms. The molecule has 3 aromatic rings. The first kappa shape index (κ1) is 13.1. The number of benzene rings is 1. The Morgan fingerprint density at radius 1 is 1.18 bits per heavy atom. The molecule has 6 nitrogen and oxygen atoms in total. The summed E-state index contributed by atoms with van der Waals surface area (Å²) >= 11 is 0. The maximum absolute atomic E-state index is 9.78. The molecule has 3 heterocycles. The molecular weight excluding hydrogens is 278 g/mol. The van der Waals surface area contributed by atoms with Crippen LogP contribution >= 0.6 is 0 Å². The topological polar surface area (TPSA) is 77.1 Å². The summed E-state index contributed by atoms with van der Waals surface area (Å²) in [5.41, 5.74) is 1.74. The van der Waals surface area contributed by atoms with Crippen molar-refractivity contribution >= 4 is 28.5 Å². The second-order valence-electron chi connectivity index (χ2n) is 5.49. The average Bonchev–Trinajstić information content (AvgIpc) is 3.16. The van der Waals surface area contributed by atoms with Crippen LogP contribution in [0.15, 0.2) is 42.6 Å². The molecular formula is C16H17N5O. The van der Waals surface area contributed by atoms with Crippen LogP contribution in [0.25, 0.3) is 11.0 Å². The highest BCUT2D eigenvalue weighted by Gasteiger charge is 2.24. The van der Waals surface area contributed by atoms with Crippen molar-refractivity contribution in [2.24, 2.45) is 0 Å². The summed E-state index contributed by atoms with van der Waals surface area (Å²) in [6.07, 6.45) is 2.36. The Morgan fingerprint density at radius 2 is 2.05 bits per heavy atom. The molecule has 0 spiro atoms. The summed E-state index contributed by atoms with van der Waals surface area (Å²) in [5.74, 6) is 1.42. The normalized spacial score (nSPS) is 18.0. The molecule has 0 amide bonds. The molecule has 0 saturated carbocycles. The lowest BCUT2D eigenvalue weighted by Gasteiger charge is -2.18. The highest BCUT2D eigenvalue weighted by Crippen LogP contribution is 2.28. The molecule has 0 aliphatic carbocycles. The summed E-state index contributed by atoms with van der Waals surface area (Å²) in [6, 6.07) is 11.8. The van der Waals surface area contributed by atoms with E-state index in [4.69, 9.17) is 0 Å². The van der Waals surface area contributed by atoms with Gasteiger partial charge in [0, 0.05) is 25.0 Å². The number of aliphatic hydroxyl groups is 1. The molecule has 0 bridgehead atoms. The molecule has 1 saturated heterocycles. The zero-order valence-corrected chi connectivity index (χ0v) is 12.0. The molecule has 1 unspecified atom stereocenters. The van der Waals surface area contributed by atoms with E-state index in [-0.39, 0.29) is 6.10 Å². The lowest BCUT2D eigenvalue weighted by atomic mass is 10.3. The number of rotatable bonds is 3. The van der Waals surface area contributed by atoms with Gasteiger partial charge in [-0.3, -0.25) is 0 Å². The summed E-state index contributed by atoms with van der Waals surface area (Å²) in [4.78, 5) is 14.4. The van der Waals surface area contributed by atoms with E-state index < -0.39 is 0 Å². The first-order chi connectivity index (χ1) is 10.8. The predicted octanol–water partition coefficient (Wildman–Crippen LogP) is 2.27. The quantitative estimate of drug-likeness (QED) is 0.691. The average molecular weight is 295 g/mol. The van der Waals surface area contributed by atoms with Crippen molar-refractivity contribution in [1.29, 1.82) is 0 Å². The Hall–Kier alpha value is -2.60. The number of hydrogen-bond acceptors (Lipinski definition) is 5. The van der Waals surface area contributed by atoms with Gasteiger partial charge < -0.3 is 20.3 Å². The molecule has 3 N–H and O–H groups in total. The molecule has 1 aromatic carbocycles. The maximum Gasteiger partial charge on any atom is 0.231 e. The van der Waals surface area contributed by atoms with Gasteiger partial charge >= 0.3 is 0 Å². The largest absolute Gasteiger partial charge is 0.391 e. The van der Waals surface area contributed by atoms with Crippen LogP contribution in [-0.4, -0.2) is 39.3 Å². The monoisotopic (exact) mass is 295 g/mol. The lowest BCUT2D eigenvalue weighted by Crippen LogP contribution is -2.23. The fourth-order valence-electron chi connectivity index (χ4n) is 2.81. The minimum absolute atomic E-state index is 0.283. The van der Waals surface area contributed by atoms with Crippen LogP contribution in [0.3, 0.4) is 0 Å². The molecule has 1 fully saturated rings. The third kappa shape index (κ3) is 2.37. The number of anilines is 3. The van der Waals surface area contributed by atoms with Crippen LogP contribution in [0, 0.1) is 0 Å². The smallest absolute Gasteiger partial charge is 0.231 e. The number of β-amino-alcohol motifs (C(OH)–C–C–N with tert-alkyl or cyclic N) is 1. The van der Waals surface area contributed by atoms with Crippen molar-refractivity contribution < 1.29 is 5.11 Å². The predicted molar refractivity (Wildman–Crippen MR) is 86.5 cm³/mol. The van der Waals surface area contributed by atoms with E-state index >= 15 is 0 Å². The van der Waals surface area contributed by atoms with Crippen molar-refractivity contribution in [2.45, 2.75) is 12.5 Å². The van der Waals surface area contributed by atoms with E-state index in [0.29, 0.717) is 12.5 Å². The van der Waals surface area contributed by atoms with Gasteiger partial charge in [-0.1, -0.05) is 18.2 Å². The number of H-pyrrole nitrogens is 1. The van der Waals surface area contributed by atoms with Gasteiger partial charge in [-0.15, -0.1) is 0 Å². The van der Waals surface area contributed by atoms with E-state index in [0.717, 1.165) is 35.5 Å². The minimum atomic E-state index is -0.283. The molecule has 1 aliphatic heterocycles. The summed E-state index contributed by atoms with van der Waals surface area (Å²) in [6.45, 7) is 1.42. The molecule has 112 valence electrons. The van der Waals surface area contributed by atoms with Crippen molar-refractivity contribution in [3.8, 4) is 0 Å². The zero-order chi connectivity index (χ0) is 14.9. The molecule has 1 atom stereocenters.